The number of hydrogen-bond donors (Lipinski definition) is 0. The first-order chi connectivity index (χ1) is 20.3. The molecule has 4 heteroatoms. The average molecular weight is 540 g/mol. The second-order valence-electron chi connectivity index (χ2n) is 10.5. The summed E-state index contributed by atoms with van der Waals surface area (Å²) in [6.07, 6.45) is 2.35. The van der Waals surface area contributed by atoms with E-state index in [1.54, 1.807) is 4.57 Å². The van der Waals surface area contributed by atoms with E-state index >= 15 is 0 Å². The van der Waals surface area contributed by atoms with E-state index in [1.165, 1.54) is 47.7 Å². The molecule has 0 saturated carbocycles. The largest absolute Gasteiger partial charge is 0.308 e. The van der Waals surface area contributed by atoms with E-state index in [1.807, 2.05) is 29.5 Å². The minimum Gasteiger partial charge on any atom is -0.308 e. The van der Waals surface area contributed by atoms with Gasteiger partial charge in [-0.15, -0.1) is 11.3 Å². The van der Waals surface area contributed by atoms with Crippen molar-refractivity contribution in [2.45, 2.75) is 0 Å². The Morgan fingerprint density at radius 3 is 1.83 bits per heavy atom. The third-order valence-corrected chi connectivity index (χ3v) is 9.61. The molecule has 41 heavy (non-hydrogen) atoms. The maximum absolute atomic E-state index is 9.84. The van der Waals surface area contributed by atoms with Gasteiger partial charge in [0.15, 0.2) is 6.19 Å². The fourth-order valence-corrected chi connectivity index (χ4v) is 7.79. The summed E-state index contributed by atoms with van der Waals surface area (Å²) in [6.45, 7) is 0. The van der Waals surface area contributed by atoms with Crippen LogP contribution >= 0.6 is 11.3 Å². The van der Waals surface area contributed by atoms with Gasteiger partial charge in [-0.25, -0.2) is 4.57 Å². The van der Waals surface area contributed by atoms with Crippen LogP contribution in [-0.4, -0.2) is 9.13 Å². The number of thiophene rings is 1. The van der Waals surface area contributed by atoms with Crippen LogP contribution in [0, 0.1) is 11.5 Å². The van der Waals surface area contributed by atoms with Crippen LogP contribution in [0.5, 0.6) is 0 Å². The van der Waals surface area contributed by atoms with Crippen LogP contribution in [0.15, 0.2) is 127 Å². The van der Waals surface area contributed by atoms with Gasteiger partial charge in [0.25, 0.3) is 0 Å². The molecule has 0 spiro atoms. The summed E-state index contributed by atoms with van der Waals surface area (Å²) in [5.74, 6) is 0. The highest BCUT2D eigenvalue weighted by Crippen LogP contribution is 2.42. The van der Waals surface area contributed by atoms with Gasteiger partial charge < -0.3 is 4.57 Å². The average Bonchev–Trinajstić information content (AvgIpc) is 3.68. The molecule has 9 aromatic rings. The Kier molecular flexibility index (Phi) is 4.55. The molecule has 0 aliphatic carbocycles. The fourth-order valence-electron chi connectivity index (χ4n) is 6.58. The third kappa shape index (κ3) is 3.07. The van der Waals surface area contributed by atoms with E-state index in [2.05, 4.69) is 120 Å². The summed E-state index contributed by atoms with van der Waals surface area (Å²) in [5, 5.41) is 17.1. The van der Waals surface area contributed by atoms with Gasteiger partial charge in [0.2, 0.25) is 0 Å². The van der Waals surface area contributed by atoms with Crippen molar-refractivity contribution in [2.24, 2.45) is 0 Å². The maximum atomic E-state index is 9.84. The first kappa shape index (κ1) is 22.4. The molecule has 0 amide bonds. The SMILES string of the molecule is N#Cn1c2ccccc2c2cc(-c3ccc4c(c3)c3ccccc3n4-c3cccc4c3sc3ccccc34)ccc21. The van der Waals surface area contributed by atoms with E-state index in [0.717, 1.165) is 32.9 Å². The zero-order valence-corrected chi connectivity index (χ0v) is 22.7. The Morgan fingerprint density at radius 2 is 1.05 bits per heavy atom. The first-order valence-corrected chi connectivity index (χ1v) is 14.5. The van der Waals surface area contributed by atoms with Crippen LogP contribution in [0.1, 0.15) is 0 Å². The van der Waals surface area contributed by atoms with Crippen molar-refractivity contribution in [3.8, 4) is 23.0 Å². The minimum atomic E-state index is 0.937. The third-order valence-electron chi connectivity index (χ3n) is 8.40. The normalized spacial score (nSPS) is 11.9. The van der Waals surface area contributed by atoms with Crippen molar-refractivity contribution in [1.82, 2.24) is 9.13 Å². The Morgan fingerprint density at radius 1 is 0.488 bits per heavy atom. The quantitative estimate of drug-likeness (QED) is 0.215. The molecule has 9 rings (SSSR count). The molecule has 0 saturated heterocycles. The van der Waals surface area contributed by atoms with Crippen molar-refractivity contribution < 1.29 is 0 Å². The van der Waals surface area contributed by atoms with E-state index < -0.39 is 0 Å². The second-order valence-corrected chi connectivity index (χ2v) is 11.6. The molecule has 0 atom stereocenters. The van der Waals surface area contributed by atoms with E-state index in [0.29, 0.717) is 0 Å². The highest BCUT2D eigenvalue weighted by atomic mass is 32.1. The molecule has 3 heterocycles. The van der Waals surface area contributed by atoms with Gasteiger partial charge in [-0.05, 0) is 59.7 Å². The summed E-state index contributed by atoms with van der Waals surface area (Å²) in [6, 6.07) is 45.4. The standard InChI is InChI=1S/C37H21N3S/c38-22-39-31-12-4-1-8-25(31)29-20-23(16-18-32(29)39)24-17-19-34-30(21-24)26-9-2-5-13-33(26)40(34)35-14-7-11-28-27-10-3-6-15-36(27)41-37(28)35/h1-21H. The topological polar surface area (TPSA) is 33.6 Å². The number of benzene rings is 6. The summed E-state index contributed by atoms with van der Waals surface area (Å²) in [5.41, 5.74) is 7.80. The molecule has 190 valence electrons. The predicted octanol–water partition coefficient (Wildman–Crippen LogP) is 10.3. The monoisotopic (exact) mass is 539 g/mol. The summed E-state index contributed by atoms with van der Waals surface area (Å²) < 4.78 is 6.77. The van der Waals surface area contributed by atoms with Gasteiger partial charge in [-0.3, -0.25) is 0 Å². The fraction of sp³-hybridized carbons (Fsp3) is 0. The number of nitrogens with zero attached hydrogens (tertiary/aromatic N) is 3. The van der Waals surface area contributed by atoms with E-state index in [-0.39, 0.29) is 0 Å². The predicted molar refractivity (Wildman–Crippen MR) is 173 cm³/mol. The molecule has 0 radical (unpaired) electrons. The van der Waals surface area contributed by atoms with Gasteiger partial charge in [0.1, 0.15) is 0 Å². The zero-order chi connectivity index (χ0) is 27.1. The minimum absolute atomic E-state index is 0.937. The van der Waals surface area contributed by atoms with Crippen molar-refractivity contribution in [3.05, 3.63) is 127 Å². The van der Waals surface area contributed by atoms with Crippen molar-refractivity contribution in [2.75, 3.05) is 0 Å². The maximum Gasteiger partial charge on any atom is 0.189 e. The Labute approximate surface area is 239 Å². The summed E-state index contributed by atoms with van der Waals surface area (Å²) >= 11 is 1.86. The van der Waals surface area contributed by atoms with E-state index in [4.69, 9.17) is 0 Å². The number of hydrogen-bond acceptors (Lipinski definition) is 2. The number of fused-ring (bicyclic) bond motifs is 9. The lowest BCUT2D eigenvalue weighted by atomic mass is 10.0. The molecule has 0 aliphatic rings. The molecule has 3 nitrogen and oxygen atoms in total. The number of nitriles is 1. The van der Waals surface area contributed by atoms with Crippen molar-refractivity contribution in [3.63, 3.8) is 0 Å². The number of rotatable bonds is 2. The lowest BCUT2D eigenvalue weighted by Gasteiger charge is -2.10. The van der Waals surface area contributed by atoms with Crippen LogP contribution in [0.25, 0.3) is 80.6 Å². The van der Waals surface area contributed by atoms with Crippen LogP contribution in [0.4, 0.5) is 0 Å². The summed E-state index contributed by atoms with van der Waals surface area (Å²) in [4.78, 5) is 0. The number of aromatic nitrogens is 2. The van der Waals surface area contributed by atoms with Gasteiger partial charge in [-0.2, -0.15) is 5.26 Å². The van der Waals surface area contributed by atoms with Crippen molar-refractivity contribution in [1.29, 1.82) is 5.26 Å². The van der Waals surface area contributed by atoms with Crippen LogP contribution in [0.2, 0.25) is 0 Å². The molecule has 3 aromatic heterocycles. The molecule has 0 aliphatic heterocycles. The molecule has 0 N–H and O–H groups in total. The zero-order valence-electron chi connectivity index (χ0n) is 21.9. The molecular formula is C37H21N3S. The molecular weight excluding hydrogens is 518 g/mol. The molecule has 0 fully saturated rings. The van der Waals surface area contributed by atoms with Crippen LogP contribution in [0.3, 0.4) is 0 Å². The van der Waals surface area contributed by atoms with Gasteiger partial charge in [-0.1, -0.05) is 78.9 Å². The lowest BCUT2D eigenvalue weighted by molar-refractivity contribution is 1.20. The van der Waals surface area contributed by atoms with E-state index in [9.17, 15) is 5.26 Å². The van der Waals surface area contributed by atoms with Crippen LogP contribution in [-0.2, 0) is 0 Å². The Bertz CT molecular complexity index is 2550. The number of para-hydroxylation sites is 2. The van der Waals surface area contributed by atoms with Gasteiger partial charge >= 0.3 is 0 Å². The van der Waals surface area contributed by atoms with Gasteiger partial charge in [0.05, 0.1) is 32.5 Å². The highest BCUT2D eigenvalue weighted by Gasteiger charge is 2.17. The van der Waals surface area contributed by atoms with Crippen LogP contribution < -0.4 is 0 Å². The lowest BCUT2D eigenvalue weighted by Crippen LogP contribution is -1.93. The highest BCUT2D eigenvalue weighted by molar-refractivity contribution is 7.26. The first-order valence-electron chi connectivity index (χ1n) is 13.7. The smallest absolute Gasteiger partial charge is 0.189 e. The Balaban J connectivity index is 1.30. The summed E-state index contributed by atoms with van der Waals surface area (Å²) in [7, 11) is 0. The molecule has 0 unspecified atom stereocenters. The molecule has 6 aromatic carbocycles. The molecule has 0 bridgehead atoms. The van der Waals surface area contributed by atoms with Crippen molar-refractivity contribution >= 4 is 75.1 Å². The second kappa shape index (κ2) is 8.32. The Hall–Kier alpha value is -5.37. The van der Waals surface area contributed by atoms with Gasteiger partial charge in [0, 0.05) is 37.0 Å².